The molecule has 2 fully saturated rings. The van der Waals surface area contributed by atoms with Gasteiger partial charge in [0.2, 0.25) is 0 Å². The fourth-order valence-electron chi connectivity index (χ4n) is 4.33. The fraction of sp³-hybridized carbons (Fsp3) is 0.609. The molecule has 0 aliphatic carbocycles. The summed E-state index contributed by atoms with van der Waals surface area (Å²) >= 11 is 0. The van der Waals surface area contributed by atoms with E-state index in [1.807, 2.05) is 12.3 Å². The zero-order chi connectivity index (χ0) is 19.9. The molecule has 6 heteroatoms. The van der Waals surface area contributed by atoms with Gasteiger partial charge in [-0.15, -0.1) is 0 Å². The van der Waals surface area contributed by atoms with Crippen LogP contribution < -0.4 is 4.74 Å². The standard InChI is InChI=1S/C23H34N4O2/c1-2-25-11-8-21(19-25)27-12-9-24-23(27)20-6-5-7-22(18-20)29-15-4-3-10-26-13-16-28-17-14-26/h5-7,9,12,18,21H,2-4,8,10-11,13-17,19H2,1H3. The lowest BCUT2D eigenvalue weighted by Gasteiger charge is -2.26. The van der Waals surface area contributed by atoms with Crippen molar-refractivity contribution in [2.24, 2.45) is 0 Å². The summed E-state index contributed by atoms with van der Waals surface area (Å²) in [7, 11) is 0. The molecule has 0 radical (unpaired) electrons. The van der Waals surface area contributed by atoms with Crippen molar-refractivity contribution in [1.29, 1.82) is 0 Å². The molecule has 0 spiro atoms. The predicted molar refractivity (Wildman–Crippen MR) is 115 cm³/mol. The summed E-state index contributed by atoms with van der Waals surface area (Å²) in [5, 5.41) is 0. The van der Waals surface area contributed by atoms with Crippen molar-refractivity contribution >= 4 is 0 Å². The van der Waals surface area contributed by atoms with Gasteiger partial charge in [-0.05, 0) is 44.5 Å². The monoisotopic (exact) mass is 398 g/mol. The van der Waals surface area contributed by atoms with Crippen LogP contribution in [-0.4, -0.2) is 78.4 Å². The molecule has 0 saturated carbocycles. The minimum Gasteiger partial charge on any atom is -0.494 e. The van der Waals surface area contributed by atoms with Crippen LogP contribution in [0.3, 0.4) is 0 Å². The zero-order valence-electron chi connectivity index (χ0n) is 17.6. The summed E-state index contributed by atoms with van der Waals surface area (Å²) in [5.41, 5.74) is 1.13. The van der Waals surface area contributed by atoms with Gasteiger partial charge in [-0.25, -0.2) is 4.98 Å². The molecular formula is C23H34N4O2. The van der Waals surface area contributed by atoms with E-state index in [1.54, 1.807) is 0 Å². The van der Waals surface area contributed by atoms with E-state index >= 15 is 0 Å². The van der Waals surface area contributed by atoms with Crippen molar-refractivity contribution in [2.45, 2.75) is 32.2 Å². The number of benzene rings is 1. The molecule has 1 unspecified atom stereocenters. The Morgan fingerprint density at radius 3 is 2.86 bits per heavy atom. The lowest BCUT2D eigenvalue weighted by molar-refractivity contribution is 0.0368. The number of hydrogen-bond donors (Lipinski definition) is 0. The van der Waals surface area contributed by atoms with Crippen LogP contribution in [-0.2, 0) is 4.74 Å². The Kier molecular flexibility index (Phi) is 7.19. The Labute approximate surface area is 174 Å². The minimum atomic E-state index is 0.511. The van der Waals surface area contributed by atoms with Gasteiger partial charge in [0.15, 0.2) is 0 Å². The van der Waals surface area contributed by atoms with Crippen molar-refractivity contribution in [3.63, 3.8) is 0 Å². The van der Waals surface area contributed by atoms with Crippen LogP contribution in [0.4, 0.5) is 0 Å². The van der Waals surface area contributed by atoms with E-state index in [4.69, 9.17) is 9.47 Å². The first-order chi connectivity index (χ1) is 14.3. The second-order valence-electron chi connectivity index (χ2n) is 8.03. The fourth-order valence-corrected chi connectivity index (χ4v) is 4.33. The first-order valence-corrected chi connectivity index (χ1v) is 11.1. The molecule has 1 atom stereocenters. The van der Waals surface area contributed by atoms with Crippen LogP contribution in [0, 0.1) is 0 Å². The summed E-state index contributed by atoms with van der Waals surface area (Å²) in [6, 6.07) is 8.90. The number of unbranched alkanes of at least 4 members (excludes halogenated alkanes) is 1. The third-order valence-electron chi connectivity index (χ3n) is 6.09. The van der Waals surface area contributed by atoms with Crippen molar-refractivity contribution in [3.8, 4) is 17.1 Å². The maximum absolute atomic E-state index is 6.05. The van der Waals surface area contributed by atoms with Gasteiger partial charge in [-0.1, -0.05) is 19.1 Å². The van der Waals surface area contributed by atoms with Crippen LogP contribution >= 0.6 is 0 Å². The van der Waals surface area contributed by atoms with Gasteiger partial charge >= 0.3 is 0 Å². The second kappa shape index (κ2) is 10.2. The summed E-state index contributed by atoms with van der Waals surface area (Å²) in [5.74, 6) is 1.98. The van der Waals surface area contributed by atoms with E-state index < -0.39 is 0 Å². The lowest BCUT2D eigenvalue weighted by Crippen LogP contribution is -2.36. The first-order valence-electron chi connectivity index (χ1n) is 11.1. The molecule has 2 saturated heterocycles. The van der Waals surface area contributed by atoms with Crippen LogP contribution in [0.15, 0.2) is 36.7 Å². The topological polar surface area (TPSA) is 42.8 Å². The van der Waals surface area contributed by atoms with E-state index in [0.717, 1.165) is 76.1 Å². The highest BCUT2D eigenvalue weighted by atomic mass is 16.5. The Morgan fingerprint density at radius 2 is 2.03 bits per heavy atom. The van der Waals surface area contributed by atoms with E-state index in [-0.39, 0.29) is 0 Å². The average molecular weight is 399 g/mol. The molecule has 0 amide bonds. The van der Waals surface area contributed by atoms with Gasteiger partial charge in [-0.3, -0.25) is 4.90 Å². The third kappa shape index (κ3) is 5.38. The molecule has 158 valence electrons. The molecule has 4 rings (SSSR count). The van der Waals surface area contributed by atoms with Crippen LogP contribution in [0.5, 0.6) is 5.75 Å². The molecule has 0 bridgehead atoms. The number of likely N-dealkylation sites (N-methyl/N-ethyl adjacent to an activating group) is 1. The van der Waals surface area contributed by atoms with Crippen molar-refractivity contribution in [3.05, 3.63) is 36.7 Å². The summed E-state index contributed by atoms with van der Waals surface area (Å²) < 4.78 is 13.8. The molecule has 29 heavy (non-hydrogen) atoms. The summed E-state index contributed by atoms with van der Waals surface area (Å²) in [4.78, 5) is 9.64. The van der Waals surface area contributed by atoms with Gasteiger partial charge < -0.3 is 18.9 Å². The van der Waals surface area contributed by atoms with Crippen LogP contribution in [0.1, 0.15) is 32.2 Å². The van der Waals surface area contributed by atoms with Gasteiger partial charge in [0.25, 0.3) is 0 Å². The Morgan fingerprint density at radius 1 is 1.14 bits per heavy atom. The number of morpholine rings is 1. The zero-order valence-corrected chi connectivity index (χ0v) is 17.6. The van der Waals surface area contributed by atoms with E-state index in [0.29, 0.717) is 6.04 Å². The van der Waals surface area contributed by atoms with Gasteiger partial charge in [-0.2, -0.15) is 0 Å². The number of aromatic nitrogens is 2. The maximum atomic E-state index is 6.05. The maximum Gasteiger partial charge on any atom is 0.140 e. The summed E-state index contributed by atoms with van der Waals surface area (Å²) in [6.07, 6.45) is 7.48. The molecule has 2 aliphatic heterocycles. The van der Waals surface area contributed by atoms with E-state index in [2.05, 4.69) is 50.7 Å². The minimum absolute atomic E-state index is 0.511. The van der Waals surface area contributed by atoms with Gasteiger partial charge in [0, 0.05) is 50.2 Å². The van der Waals surface area contributed by atoms with Gasteiger partial charge in [0.05, 0.1) is 19.8 Å². The van der Waals surface area contributed by atoms with Gasteiger partial charge in [0.1, 0.15) is 11.6 Å². The van der Waals surface area contributed by atoms with E-state index in [1.165, 1.54) is 19.4 Å². The number of rotatable bonds is 9. The highest BCUT2D eigenvalue weighted by molar-refractivity contribution is 5.58. The first kappa shape index (κ1) is 20.4. The Bertz CT molecular complexity index is 757. The van der Waals surface area contributed by atoms with Crippen molar-refractivity contribution in [1.82, 2.24) is 19.4 Å². The molecule has 1 aromatic carbocycles. The number of ether oxygens (including phenoxy) is 2. The Balaban J connectivity index is 1.29. The third-order valence-corrected chi connectivity index (χ3v) is 6.09. The molecular weight excluding hydrogens is 364 g/mol. The largest absolute Gasteiger partial charge is 0.494 e. The van der Waals surface area contributed by atoms with Crippen LogP contribution in [0.25, 0.3) is 11.4 Å². The highest BCUT2D eigenvalue weighted by Gasteiger charge is 2.24. The Hall–Kier alpha value is -1.89. The smallest absolute Gasteiger partial charge is 0.140 e. The number of likely N-dealkylation sites (tertiary alicyclic amines) is 1. The van der Waals surface area contributed by atoms with Crippen molar-refractivity contribution < 1.29 is 9.47 Å². The molecule has 2 aliphatic rings. The number of imidazole rings is 1. The molecule has 6 nitrogen and oxygen atoms in total. The van der Waals surface area contributed by atoms with Crippen molar-refractivity contribution in [2.75, 3.05) is 59.1 Å². The lowest BCUT2D eigenvalue weighted by atomic mass is 10.1. The number of nitrogens with zero attached hydrogens (tertiary/aromatic N) is 4. The van der Waals surface area contributed by atoms with E-state index in [9.17, 15) is 0 Å². The number of hydrogen-bond acceptors (Lipinski definition) is 5. The molecule has 3 heterocycles. The summed E-state index contributed by atoms with van der Waals surface area (Å²) in [6.45, 7) is 11.4. The second-order valence-corrected chi connectivity index (χ2v) is 8.03. The molecule has 1 aromatic heterocycles. The SMILES string of the molecule is CCN1CCC(n2ccnc2-c2cccc(OCCCCN3CCOCC3)c2)C1. The molecule has 2 aromatic rings. The average Bonchev–Trinajstić information content (AvgIpc) is 3.44. The quantitative estimate of drug-likeness (QED) is 0.607. The van der Waals surface area contributed by atoms with Crippen LogP contribution in [0.2, 0.25) is 0 Å². The molecule has 0 N–H and O–H groups in total. The predicted octanol–water partition coefficient (Wildman–Crippen LogP) is 3.31. The normalized spacial score (nSPS) is 20.9. The highest BCUT2D eigenvalue weighted by Crippen LogP contribution is 2.29.